The molecule has 4 heteroatoms. The van der Waals surface area contributed by atoms with Gasteiger partial charge in [-0.1, -0.05) is 0 Å². The van der Waals surface area contributed by atoms with Crippen molar-refractivity contribution in [2.45, 2.75) is 19.8 Å². The summed E-state index contributed by atoms with van der Waals surface area (Å²) in [5, 5.41) is 9.11. The molecule has 0 saturated heterocycles. The van der Waals surface area contributed by atoms with E-state index in [-0.39, 0.29) is 0 Å². The Labute approximate surface area is 94.9 Å². The highest BCUT2D eigenvalue weighted by molar-refractivity contribution is 5.94. The van der Waals surface area contributed by atoms with Gasteiger partial charge >= 0.3 is 5.97 Å². The first-order valence-corrected chi connectivity index (χ1v) is 5.64. The molecule has 1 aliphatic carbocycles. The van der Waals surface area contributed by atoms with Crippen LogP contribution in [-0.2, 0) is 0 Å². The molecule has 1 fully saturated rings. The van der Waals surface area contributed by atoms with Gasteiger partial charge in [0.25, 0.3) is 0 Å². The quantitative estimate of drug-likeness (QED) is 0.824. The Morgan fingerprint density at radius 1 is 1.62 bits per heavy atom. The summed E-state index contributed by atoms with van der Waals surface area (Å²) in [7, 11) is 0. The zero-order valence-corrected chi connectivity index (χ0v) is 9.39. The average Bonchev–Trinajstić information content (AvgIpc) is 3.09. The van der Waals surface area contributed by atoms with Gasteiger partial charge in [-0.3, -0.25) is 4.98 Å². The molecule has 0 aromatic carbocycles. The van der Waals surface area contributed by atoms with Crippen LogP contribution in [0, 0.1) is 5.92 Å². The van der Waals surface area contributed by atoms with Crippen LogP contribution in [0.4, 0.5) is 5.69 Å². The fraction of sp³-hybridized carbons (Fsp3) is 0.500. The Hall–Kier alpha value is -1.58. The van der Waals surface area contributed by atoms with Gasteiger partial charge in [0.1, 0.15) is 0 Å². The van der Waals surface area contributed by atoms with E-state index < -0.39 is 5.97 Å². The molecule has 1 aromatic rings. The molecule has 16 heavy (non-hydrogen) atoms. The van der Waals surface area contributed by atoms with E-state index in [0.717, 1.165) is 24.7 Å². The van der Waals surface area contributed by atoms with Gasteiger partial charge in [-0.15, -0.1) is 0 Å². The van der Waals surface area contributed by atoms with Crippen molar-refractivity contribution in [2.24, 2.45) is 5.92 Å². The maximum absolute atomic E-state index is 11.1. The minimum absolute atomic E-state index is 0.345. The largest absolute Gasteiger partial charge is 0.478 e. The fourth-order valence-corrected chi connectivity index (χ4v) is 1.83. The van der Waals surface area contributed by atoms with Crippen LogP contribution < -0.4 is 4.90 Å². The van der Waals surface area contributed by atoms with E-state index in [1.807, 2.05) is 6.92 Å². The second-order valence-electron chi connectivity index (χ2n) is 4.18. The summed E-state index contributed by atoms with van der Waals surface area (Å²) >= 11 is 0. The molecule has 1 aromatic heterocycles. The van der Waals surface area contributed by atoms with Crippen molar-refractivity contribution in [3.8, 4) is 0 Å². The van der Waals surface area contributed by atoms with Crippen molar-refractivity contribution < 1.29 is 9.90 Å². The number of aromatic nitrogens is 1. The number of carboxylic acid groups (broad SMARTS) is 1. The molecule has 0 unspecified atom stereocenters. The molecule has 1 aliphatic rings. The Morgan fingerprint density at radius 3 is 2.94 bits per heavy atom. The summed E-state index contributed by atoms with van der Waals surface area (Å²) in [4.78, 5) is 17.2. The number of pyridine rings is 1. The first-order chi connectivity index (χ1) is 7.72. The van der Waals surface area contributed by atoms with Gasteiger partial charge in [-0.2, -0.15) is 0 Å². The lowest BCUT2D eigenvalue weighted by Gasteiger charge is -2.24. The van der Waals surface area contributed by atoms with Crippen molar-refractivity contribution in [1.29, 1.82) is 0 Å². The van der Waals surface area contributed by atoms with Crippen LogP contribution in [0.15, 0.2) is 18.5 Å². The molecule has 0 spiro atoms. The third kappa shape index (κ3) is 2.32. The van der Waals surface area contributed by atoms with E-state index in [1.54, 1.807) is 12.3 Å². The number of hydrogen-bond acceptors (Lipinski definition) is 3. The molecule has 0 bridgehead atoms. The summed E-state index contributed by atoms with van der Waals surface area (Å²) in [5.74, 6) is -0.145. The summed E-state index contributed by atoms with van der Waals surface area (Å²) in [5.41, 5.74) is 1.09. The highest BCUT2D eigenvalue weighted by Crippen LogP contribution is 2.32. The summed E-state index contributed by atoms with van der Waals surface area (Å²) in [6.45, 7) is 3.81. The normalized spacial score (nSPS) is 14.8. The van der Waals surface area contributed by atoms with Crippen molar-refractivity contribution in [3.63, 3.8) is 0 Å². The Balaban J connectivity index is 2.24. The van der Waals surface area contributed by atoms with Crippen molar-refractivity contribution in [3.05, 3.63) is 24.0 Å². The predicted octanol–water partition coefficient (Wildman–Crippen LogP) is 2.02. The zero-order valence-electron chi connectivity index (χ0n) is 9.39. The lowest BCUT2D eigenvalue weighted by molar-refractivity contribution is 0.0697. The number of anilines is 1. The number of hydrogen-bond donors (Lipinski definition) is 1. The molecule has 86 valence electrons. The summed E-state index contributed by atoms with van der Waals surface area (Å²) in [6.07, 6.45) is 5.70. The standard InChI is InChI=1S/C12H16N2O2/c1-2-14(8-9-3-4-9)11-7-13-6-5-10(11)12(15)16/h5-7,9H,2-4,8H2,1H3,(H,15,16). The van der Waals surface area contributed by atoms with Crippen molar-refractivity contribution >= 4 is 11.7 Å². The van der Waals surface area contributed by atoms with Crippen LogP contribution in [0.25, 0.3) is 0 Å². The molecule has 1 heterocycles. The number of rotatable bonds is 5. The Morgan fingerprint density at radius 2 is 2.38 bits per heavy atom. The Kier molecular flexibility index (Phi) is 3.08. The van der Waals surface area contributed by atoms with E-state index in [4.69, 9.17) is 5.11 Å². The minimum atomic E-state index is -0.883. The smallest absolute Gasteiger partial charge is 0.337 e. The number of carbonyl (C=O) groups is 1. The maximum atomic E-state index is 11.1. The summed E-state index contributed by atoms with van der Waals surface area (Å²) in [6, 6.07) is 1.56. The molecule has 1 saturated carbocycles. The van der Waals surface area contributed by atoms with Crippen LogP contribution >= 0.6 is 0 Å². The SMILES string of the molecule is CCN(CC1CC1)c1cnccc1C(=O)O. The third-order valence-electron chi connectivity index (χ3n) is 2.93. The predicted molar refractivity (Wildman–Crippen MR) is 61.8 cm³/mol. The summed E-state index contributed by atoms with van der Waals surface area (Å²) < 4.78 is 0. The third-order valence-corrected chi connectivity index (χ3v) is 2.93. The molecule has 0 atom stereocenters. The molecule has 1 N–H and O–H groups in total. The highest BCUT2D eigenvalue weighted by atomic mass is 16.4. The molecular formula is C12H16N2O2. The minimum Gasteiger partial charge on any atom is -0.478 e. The van der Waals surface area contributed by atoms with Crippen LogP contribution in [0.5, 0.6) is 0 Å². The average molecular weight is 220 g/mol. The molecule has 4 nitrogen and oxygen atoms in total. The van der Waals surface area contributed by atoms with Gasteiger partial charge in [0, 0.05) is 19.3 Å². The first-order valence-electron chi connectivity index (χ1n) is 5.64. The van der Waals surface area contributed by atoms with Crippen LogP contribution in [-0.4, -0.2) is 29.1 Å². The number of aromatic carboxylic acids is 1. The molecular weight excluding hydrogens is 204 g/mol. The van der Waals surface area contributed by atoms with Crippen LogP contribution in [0.2, 0.25) is 0 Å². The van der Waals surface area contributed by atoms with E-state index in [2.05, 4.69) is 9.88 Å². The van der Waals surface area contributed by atoms with E-state index in [1.165, 1.54) is 19.0 Å². The second kappa shape index (κ2) is 4.51. The van der Waals surface area contributed by atoms with Crippen molar-refractivity contribution in [1.82, 2.24) is 4.98 Å². The van der Waals surface area contributed by atoms with Gasteiger partial charge in [0.2, 0.25) is 0 Å². The lowest BCUT2D eigenvalue weighted by atomic mass is 10.2. The molecule has 0 radical (unpaired) electrons. The van der Waals surface area contributed by atoms with Crippen LogP contribution in [0.1, 0.15) is 30.1 Å². The lowest BCUT2D eigenvalue weighted by Crippen LogP contribution is -2.27. The number of carboxylic acids is 1. The van der Waals surface area contributed by atoms with E-state index in [9.17, 15) is 4.79 Å². The number of nitrogens with zero attached hydrogens (tertiary/aromatic N) is 2. The van der Waals surface area contributed by atoms with E-state index in [0.29, 0.717) is 5.56 Å². The van der Waals surface area contributed by atoms with E-state index >= 15 is 0 Å². The van der Waals surface area contributed by atoms with Crippen LogP contribution in [0.3, 0.4) is 0 Å². The first kappa shape index (κ1) is 10.9. The monoisotopic (exact) mass is 220 g/mol. The van der Waals surface area contributed by atoms with Gasteiger partial charge in [-0.05, 0) is 31.7 Å². The van der Waals surface area contributed by atoms with Gasteiger partial charge < -0.3 is 10.0 Å². The van der Waals surface area contributed by atoms with Gasteiger partial charge in [-0.25, -0.2) is 4.79 Å². The van der Waals surface area contributed by atoms with Gasteiger partial charge in [0.05, 0.1) is 17.4 Å². The maximum Gasteiger partial charge on any atom is 0.337 e. The zero-order chi connectivity index (χ0) is 11.5. The van der Waals surface area contributed by atoms with Gasteiger partial charge in [0.15, 0.2) is 0 Å². The molecule has 0 aliphatic heterocycles. The topological polar surface area (TPSA) is 53.4 Å². The molecule has 2 rings (SSSR count). The van der Waals surface area contributed by atoms with Crippen molar-refractivity contribution in [2.75, 3.05) is 18.0 Å². The second-order valence-corrected chi connectivity index (χ2v) is 4.18. The molecule has 0 amide bonds. The highest BCUT2D eigenvalue weighted by Gasteiger charge is 2.25. The fourth-order valence-electron chi connectivity index (χ4n) is 1.83. The Bertz CT molecular complexity index is 388.